The Kier molecular flexibility index (Phi) is 5.52. The van der Waals surface area contributed by atoms with Crippen LogP contribution in [0.15, 0.2) is 29.2 Å². The van der Waals surface area contributed by atoms with Crippen LogP contribution in [0.5, 0.6) is 0 Å². The van der Waals surface area contributed by atoms with Crippen LogP contribution in [0, 0.1) is 11.8 Å². The third-order valence-electron chi connectivity index (χ3n) is 2.83. The van der Waals surface area contributed by atoms with Gasteiger partial charge >= 0.3 is 5.97 Å². The molecule has 1 rings (SSSR count). The van der Waals surface area contributed by atoms with E-state index in [1.165, 1.54) is 12.1 Å². The first kappa shape index (κ1) is 16.5. The van der Waals surface area contributed by atoms with Crippen LogP contribution in [0.4, 0.5) is 5.69 Å². The number of hydrogen-bond acceptors (Lipinski definition) is 4. The van der Waals surface area contributed by atoms with Gasteiger partial charge < -0.3 is 10.8 Å². The fraction of sp³-hybridized carbons (Fsp3) is 0.462. The van der Waals surface area contributed by atoms with Gasteiger partial charge in [0.1, 0.15) is 4.90 Å². The van der Waals surface area contributed by atoms with E-state index in [1.807, 2.05) is 13.8 Å². The molecule has 0 aliphatic rings. The molecular formula is C13H20N2O4S. The zero-order valence-electron chi connectivity index (χ0n) is 11.5. The molecule has 112 valence electrons. The quantitative estimate of drug-likeness (QED) is 0.657. The van der Waals surface area contributed by atoms with Crippen LogP contribution in [-0.2, 0) is 14.8 Å². The average Bonchev–Trinajstić information content (AvgIpc) is 2.34. The summed E-state index contributed by atoms with van der Waals surface area (Å²) in [7, 11) is -3.79. The molecular weight excluding hydrogens is 280 g/mol. The highest BCUT2D eigenvalue weighted by Gasteiger charge is 2.23. The summed E-state index contributed by atoms with van der Waals surface area (Å²) in [6, 6.07) is 6.06. The van der Waals surface area contributed by atoms with E-state index in [-0.39, 0.29) is 23.0 Å². The molecule has 7 heteroatoms. The zero-order valence-corrected chi connectivity index (χ0v) is 12.4. The fourth-order valence-electron chi connectivity index (χ4n) is 1.85. The van der Waals surface area contributed by atoms with Gasteiger partial charge in [0.15, 0.2) is 0 Å². The fourth-order valence-corrected chi connectivity index (χ4v) is 3.07. The summed E-state index contributed by atoms with van der Waals surface area (Å²) in [4.78, 5) is 11.1. The van der Waals surface area contributed by atoms with Crippen molar-refractivity contribution in [3.05, 3.63) is 24.3 Å². The Hall–Kier alpha value is -1.60. The minimum atomic E-state index is -3.79. The van der Waals surface area contributed by atoms with Gasteiger partial charge in [-0.05, 0) is 24.5 Å². The highest BCUT2D eigenvalue weighted by Crippen LogP contribution is 2.18. The van der Waals surface area contributed by atoms with E-state index in [4.69, 9.17) is 10.8 Å². The van der Waals surface area contributed by atoms with Crippen LogP contribution in [0.1, 0.15) is 20.3 Å². The highest BCUT2D eigenvalue weighted by molar-refractivity contribution is 7.89. The smallest absolute Gasteiger partial charge is 0.307 e. The van der Waals surface area contributed by atoms with Crippen LogP contribution in [0.3, 0.4) is 0 Å². The number of benzene rings is 1. The monoisotopic (exact) mass is 300 g/mol. The number of anilines is 1. The lowest BCUT2D eigenvalue weighted by molar-refractivity contribution is -0.142. The number of hydrogen-bond donors (Lipinski definition) is 3. The van der Waals surface area contributed by atoms with Gasteiger partial charge in [-0.25, -0.2) is 13.1 Å². The van der Waals surface area contributed by atoms with Crippen molar-refractivity contribution in [2.45, 2.75) is 25.2 Å². The van der Waals surface area contributed by atoms with Crippen molar-refractivity contribution in [2.24, 2.45) is 11.8 Å². The van der Waals surface area contributed by atoms with Gasteiger partial charge in [0.25, 0.3) is 0 Å². The van der Waals surface area contributed by atoms with Crippen molar-refractivity contribution in [1.29, 1.82) is 0 Å². The summed E-state index contributed by atoms with van der Waals surface area (Å²) in [6.07, 6.45) is 0.405. The number of para-hydroxylation sites is 1. The number of nitrogens with one attached hydrogen (secondary N) is 1. The van der Waals surface area contributed by atoms with E-state index in [0.717, 1.165) is 0 Å². The minimum Gasteiger partial charge on any atom is -0.481 e. The Labute approximate surface area is 119 Å². The average molecular weight is 300 g/mol. The van der Waals surface area contributed by atoms with Crippen molar-refractivity contribution >= 4 is 21.7 Å². The largest absolute Gasteiger partial charge is 0.481 e. The molecule has 0 fully saturated rings. The Morgan fingerprint density at radius 2 is 1.95 bits per heavy atom. The number of carboxylic acid groups (broad SMARTS) is 1. The Morgan fingerprint density at radius 1 is 1.35 bits per heavy atom. The van der Waals surface area contributed by atoms with Gasteiger partial charge in [-0.15, -0.1) is 0 Å². The zero-order chi connectivity index (χ0) is 15.3. The highest BCUT2D eigenvalue weighted by atomic mass is 32.2. The molecule has 0 bridgehead atoms. The number of nitrogens with two attached hydrogens (primary N) is 1. The van der Waals surface area contributed by atoms with Gasteiger partial charge in [-0.3, -0.25) is 4.79 Å². The lowest BCUT2D eigenvalue weighted by Crippen LogP contribution is -2.34. The van der Waals surface area contributed by atoms with E-state index < -0.39 is 21.9 Å². The van der Waals surface area contributed by atoms with Crippen LogP contribution in [0.25, 0.3) is 0 Å². The van der Waals surface area contributed by atoms with Crippen LogP contribution >= 0.6 is 0 Å². The number of aliphatic carboxylic acids is 1. The van der Waals surface area contributed by atoms with Gasteiger partial charge in [0, 0.05) is 6.54 Å². The summed E-state index contributed by atoms with van der Waals surface area (Å²) < 4.78 is 26.5. The van der Waals surface area contributed by atoms with E-state index >= 15 is 0 Å². The Morgan fingerprint density at radius 3 is 2.45 bits per heavy atom. The van der Waals surface area contributed by atoms with Gasteiger partial charge in [0.05, 0.1) is 11.6 Å². The summed E-state index contributed by atoms with van der Waals surface area (Å²) in [5.41, 5.74) is 5.75. The third-order valence-corrected chi connectivity index (χ3v) is 4.33. The number of carboxylic acids is 1. The summed E-state index contributed by atoms with van der Waals surface area (Å²) in [5, 5.41) is 9.08. The molecule has 0 spiro atoms. The molecule has 1 aromatic rings. The van der Waals surface area contributed by atoms with Crippen molar-refractivity contribution in [1.82, 2.24) is 4.72 Å². The molecule has 0 amide bonds. The second-order valence-corrected chi connectivity index (χ2v) is 6.79. The van der Waals surface area contributed by atoms with Crippen LogP contribution in [0.2, 0.25) is 0 Å². The second kappa shape index (κ2) is 6.71. The van der Waals surface area contributed by atoms with E-state index in [2.05, 4.69) is 4.72 Å². The van der Waals surface area contributed by atoms with Gasteiger partial charge in [-0.2, -0.15) is 0 Å². The lowest BCUT2D eigenvalue weighted by Gasteiger charge is -2.16. The maximum Gasteiger partial charge on any atom is 0.307 e. The first-order valence-corrected chi connectivity index (χ1v) is 7.79. The molecule has 0 heterocycles. The van der Waals surface area contributed by atoms with Gasteiger partial charge in [-0.1, -0.05) is 26.0 Å². The molecule has 0 radical (unpaired) electrons. The first-order chi connectivity index (χ1) is 9.24. The first-order valence-electron chi connectivity index (χ1n) is 6.31. The van der Waals surface area contributed by atoms with Crippen LogP contribution < -0.4 is 10.5 Å². The van der Waals surface area contributed by atoms with E-state index in [0.29, 0.717) is 6.42 Å². The Balaban J connectivity index is 2.82. The number of sulfonamides is 1. The maximum atomic E-state index is 12.1. The van der Waals surface area contributed by atoms with Crippen molar-refractivity contribution in [3.63, 3.8) is 0 Å². The predicted molar refractivity (Wildman–Crippen MR) is 76.6 cm³/mol. The molecule has 1 atom stereocenters. The summed E-state index contributed by atoms with van der Waals surface area (Å²) >= 11 is 0. The maximum absolute atomic E-state index is 12.1. The molecule has 0 aliphatic carbocycles. The lowest BCUT2D eigenvalue weighted by atomic mass is 9.98. The minimum absolute atomic E-state index is 0.0336. The molecule has 0 aromatic heterocycles. The Bertz CT molecular complexity index is 569. The molecule has 20 heavy (non-hydrogen) atoms. The number of carbonyl (C=O) groups is 1. The van der Waals surface area contributed by atoms with E-state index in [1.54, 1.807) is 12.1 Å². The molecule has 0 aliphatic heterocycles. The molecule has 4 N–H and O–H groups in total. The van der Waals surface area contributed by atoms with Gasteiger partial charge in [0.2, 0.25) is 10.0 Å². The van der Waals surface area contributed by atoms with Crippen molar-refractivity contribution < 1.29 is 18.3 Å². The number of nitrogen functional groups attached to an aromatic ring is 1. The summed E-state index contributed by atoms with van der Waals surface area (Å²) in [5.74, 6) is -1.60. The van der Waals surface area contributed by atoms with Crippen molar-refractivity contribution in [2.75, 3.05) is 12.3 Å². The molecule has 1 aromatic carbocycles. The third kappa shape index (κ3) is 4.50. The SMILES string of the molecule is CC(C)CC(CNS(=O)(=O)c1ccccc1N)C(=O)O. The van der Waals surface area contributed by atoms with E-state index in [9.17, 15) is 13.2 Å². The van der Waals surface area contributed by atoms with Crippen LogP contribution in [-0.4, -0.2) is 26.0 Å². The standard InChI is InChI=1S/C13H20N2O4S/c1-9(2)7-10(13(16)17)8-15-20(18,19)12-6-4-3-5-11(12)14/h3-6,9-10,15H,7-8,14H2,1-2H3,(H,16,17). The molecule has 0 saturated heterocycles. The molecule has 0 saturated carbocycles. The predicted octanol–water partition coefficient (Wildman–Crippen LogP) is 1.29. The van der Waals surface area contributed by atoms with Crippen molar-refractivity contribution in [3.8, 4) is 0 Å². The topological polar surface area (TPSA) is 109 Å². The molecule has 6 nitrogen and oxygen atoms in total. The normalized spacial score (nSPS) is 13.3. The number of rotatable bonds is 7. The second-order valence-electron chi connectivity index (χ2n) is 5.05. The molecule has 1 unspecified atom stereocenters. The summed E-state index contributed by atoms with van der Waals surface area (Å²) in [6.45, 7) is 3.63.